The number of hydrogen-bond acceptors (Lipinski definition) is 0. The molecule has 46 heavy (non-hydrogen) atoms. The van der Waals surface area contributed by atoms with Gasteiger partial charge in [0.25, 0.3) is 0 Å². The summed E-state index contributed by atoms with van der Waals surface area (Å²) in [6.07, 6.45) is 8.82. The molecule has 0 fully saturated rings. The van der Waals surface area contributed by atoms with Crippen molar-refractivity contribution in [2.45, 2.75) is 78.4 Å². The van der Waals surface area contributed by atoms with E-state index in [2.05, 4.69) is 183 Å². The average Bonchev–Trinajstić information content (AvgIpc) is 3.66. The summed E-state index contributed by atoms with van der Waals surface area (Å²) in [6.45, 7) is 20.7. The zero-order chi connectivity index (χ0) is 32.1. The number of halogens is 2. The summed E-state index contributed by atoms with van der Waals surface area (Å²) >= 11 is 1.46. The van der Waals surface area contributed by atoms with Crippen molar-refractivity contribution in [3.05, 3.63) is 149 Å². The zero-order valence-corrected chi connectivity index (χ0v) is 33.9. The van der Waals surface area contributed by atoms with Gasteiger partial charge in [0.2, 0.25) is 0 Å². The fraction of sp³-hybridized carbons (Fsp3) is 0.286. The van der Waals surface area contributed by atoms with E-state index in [1.165, 1.54) is 76.4 Å². The minimum atomic E-state index is -1.01. The first-order valence-corrected chi connectivity index (χ1v) is 20.5. The van der Waals surface area contributed by atoms with Gasteiger partial charge in [-0.05, 0) is 10.8 Å². The standard InChI is InChI=1S/C21H25.C13H10.C8H13Si.2ClH.Zr/c1-20(2,3)16-7-9-18-14(12-16)11-15-13-17(21(4,5)6)8-10-19(15)18;1-3-7-12(8-4-1)11-13-9-5-2-6-10-13;1-9(2,3)8-6-4-5-7-8;;;/h7-13H,1-6H3;1-10H;4,6H,5H2,1-3H3;2*1H;/q-1;;-1;;;+2/p-2. The van der Waals surface area contributed by atoms with Crippen molar-refractivity contribution in [3.63, 3.8) is 0 Å². The number of fused-ring (bicyclic) bond motifs is 3. The maximum absolute atomic E-state index is 3.36. The second-order valence-corrected chi connectivity index (χ2v) is 21.1. The molecule has 0 radical (unpaired) electrons. The number of allylic oxidation sites excluding steroid dienone is 4. The molecule has 0 aliphatic heterocycles. The Labute approximate surface area is 306 Å². The molecule has 0 saturated carbocycles. The fourth-order valence-corrected chi connectivity index (χ4v) is 7.32. The second kappa shape index (κ2) is 16.7. The molecular weight excluding hydrogens is 695 g/mol. The summed E-state index contributed by atoms with van der Waals surface area (Å²) < 4.78 is 1.42. The van der Waals surface area contributed by atoms with E-state index in [1.54, 1.807) is 0 Å². The first-order chi connectivity index (χ1) is 20.6. The average molecular weight is 743 g/mol. The van der Waals surface area contributed by atoms with Gasteiger partial charge in [0.15, 0.2) is 0 Å². The molecule has 240 valence electrons. The van der Waals surface area contributed by atoms with Crippen molar-refractivity contribution in [3.8, 4) is 0 Å². The maximum atomic E-state index is 3.36. The molecule has 0 saturated heterocycles. The molecule has 0 unspecified atom stereocenters. The monoisotopic (exact) mass is 740 g/mol. The van der Waals surface area contributed by atoms with Crippen molar-refractivity contribution in [2.75, 3.05) is 0 Å². The number of benzene rings is 4. The first-order valence-electron chi connectivity index (χ1n) is 15.8. The van der Waals surface area contributed by atoms with Gasteiger partial charge in [-0.2, -0.15) is 6.08 Å². The van der Waals surface area contributed by atoms with E-state index in [0.717, 1.165) is 6.42 Å². The van der Waals surface area contributed by atoms with Gasteiger partial charge in [-0.15, -0.1) is 46.2 Å². The van der Waals surface area contributed by atoms with Gasteiger partial charge in [0.1, 0.15) is 0 Å². The molecule has 5 aromatic rings. The predicted octanol–water partition coefficient (Wildman–Crippen LogP) is 5.67. The summed E-state index contributed by atoms with van der Waals surface area (Å²) in [7, 11) is -1.01. The Morgan fingerprint density at radius 2 is 1.07 bits per heavy atom. The zero-order valence-electron chi connectivity index (χ0n) is 28.9. The molecule has 0 spiro atoms. The molecule has 0 nitrogen and oxygen atoms in total. The van der Waals surface area contributed by atoms with E-state index in [4.69, 9.17) is 0 Å². The van der Waals surface area contributed by atoms with E-state index in [-0.39, 0.29) is 35.6 Å². The molecule has 0 atom stereocenters. The fourth-order valence-electron chi connectivity index (χ4n) is 5.25. The van der Waals surface area contributed by atoms with Crippen LogP contribution in [0.5, 0.6) is 0 Å². The van der Waals surface area contributed by atoms with Gasteiger partial charge >= 0.3 is 99.2 Å². The molecule has 1 aliphatic carbocycles. The third-order valence-electron chi connectivity index (χ3n) is 8.06. The van der Waals surface area contributed by atoms with Crippen LogP contribution in [0.4, 0.5) is 0 Å². The van der Waals surface area contributed by atoms with E-state index in [0.29, 0.717) is 0 Å². The minimum absolute atomic E-state index is 0. The van der Waals surface area contributed by atoms with Crippen LogP contribution < -0.4 is 24.8 Å². The van der Waals surface area contributed by atoms with Crippen LogP contribution in [0.3, 0.4) is 0 Å². The topological polar surface area (TPSA) is 0 Å². The van der Waals surface area contributed by atoms with Crippen molar-refractivity contribution in [2.24, 2.45) is 0 Å². The quantitative estimate of drug-likeness (QED) is 0.165. The molecule has 4 heteroatoms. The number of rotatable bonds is 3. The van der Waals surface area contributed by atoms with Gasteiger partial charge in [0.05, 0.1) is 0 Å². The Bertz CT molecular complexity index is 1670. The van der Waals surface area contributed by atoms with Gasteiger partial charge in [-0.25, -0.2) is 11.3 Å². The van der Waals surface area contributed by atoms with Crippen LogP contribution in [0, 0.1) is 6.08 Å². The molecule has 0 aromatic heterocycles. The van der Waals surface area contributed by atoms with Crippen molar-refractivity contribution >= 4 is 32.8 Å². The van der Waals surface area contributed by atoms with Crippen LogP contribution in [-0.4, -0.2) is 11.3 Å². The molecule has 0 heterocycles. The second-order valence-electron chi connectivity index (χ2n) is 14.8. The Hall–Kier alpha value is -2.22. The first kappa shape index (κ1) is 40.0. The van der Waals surface area contributed by atoms with Gasteiger partial charge in [-0.3, -0.25) is 6.08 Å². The Morgan fingerprint density at radius 1 is 0.652 bits per heavy atom. The molecule has 6 rings (SSSR count). The van der Waals surface area contributed by atoms with Gasteiger partial charge in [0, 0.05) is 8.07 Å². The molecular formula is C42H48Cl2SiZr-2. The van der Waals surface area contributed by atoms with Crippen LogP contribution >= 0.6 is 0 Å². The van der Waals surface area contributed by atoms with Crippen molar-refractivity contribution < 1.29 is 49.0 Å². The summed E-state index contributed by atoms with van der Waals surface area (Å²) in [5.74, 6) is 0. The number of hydrogen-bond donors (Lipinski definition) is 0. The van der Waals surface area contributed by atoms with E-state index >= 15 is 0 Å². The summed E-state index contributed by atoms with van der Waals surface area (Å²) in [5.41, 5.74) is 5.87. The van der Waals surface area contributed by atoms with Crippen LogP contribution in [0.15, 0.2) is 120 Å². The van der Waals surface area contributed by atoms with Crippen LogP contribution in [0.25, 0.3) is 21.5 Å². The van der Waals surface area contributed by atoms with Crippen LogP contribution in [0.2, 0.25) is 19.6 Å². The van der Waals surface area contributed by atoms with Crippen molar-refractivity contribution in [1.82, 2.24) is 0 Å². The van der Waals surface area contributed by atoms with Crippen LogP contribution in [-0.2, 0) is 35.1 Å². The molecule has 0 bridgehead atoms. The summed E-state index contributed by atoms with van der Waals surface area (Å²) in [6, 6.07) is 37.3. The van der Waals surface area contributed by atoms with E-state index < -0.39 is 8.07 Å². The van der Waals surface area contributed by atoms with E-state index in [9.17, 15) is 0 Å². The van der Waals surface area contributed by atoms with Gasteiger partial charge in [-0.1, -0.05) is 96.6 Å². The van der Waals surface area contributed by atoms with E-state index in [1.807, 2.05) is 0 Å². The predicted molar refractivity (Wildman–Crippen MR) is 194 cm³/mol. The summed E-state index contributed by atoms with van der Waals surface area (Å²) in [5, 5.41) is 6.96. The molecule has 5 aromatic carbocycles. The molecule has 0 N–H and O–H groups in total. The Kier molecular flexibility index (Phi) is 14.5. The Balaban J connectivity index is 0.000000256. The SMILES string of the molecule is CC(C)(C)c1ccc2c(c1)[cH-]c1cc(C(C)(C)C)ccc12.C[Si](C)(C)C1=[C-]CC=C1.[Cl-].[Cl-].[Zr+2]=[C](c1ccccc1)c1ccccc1. The summed E-state index contributed by atoms with van der Waals surface area (Å²) in [4.78, 5) is 0. The normalized spacial score (nSPS) is 12.6. The Morgan fingerprint density at radius 3 is 1.37 bits per heavy atom. The molecule has 1 aliphatic rings. The third kappa shape index (κ3) is 10.6. The molecule has 0 amide bonds. The van der Waals surface area contributed by atoms with Gasteiger partial charge < -0.3 is 24.8 Å². The van der Waals surface area contributed by atoms with Crippen LogP contribution in [0.1, 0.15) is 70.2 Å². The van der Waals surface area contributed by atoms with Crippen molar-refractivity contribution in [1.29, 1.82) is 0 Å². The third-order valence-corrected chi connectivity index (χ3v) is 11.4.